The van der Waals surface area contributed by atoms with Gasteiger partial charge in [-0.1, -0.05) is 126 Å². The van der Waals surface area contributed by atoms with Crippen LogP contribution in [0.25, 0.3) is 0 Å². The van der Waals surface area contributed by atoms with Crippen LogP contribution in [0.5, 0.6) is 0 Å². The number of carboxylic acid groups (broad SMARTS) is 1. The molecule has 2 spiro atoms. The Bertz CT molecular complexity index is 1530. The lowest BCUT2D eigenvalue weighted by Crippen LogP contribution is -2.65. The zero-order valence-electron chi connectivity index (χ0n) is 42.8. The van der Waals surface area contributed by atoms with Crippen molar-refractivity contribution < 1.29 is 48.6 Å². The van der Waals surface area contributed by atoms with Gasteiger partial charge >= 0.3 is 5.97 Å². The fourth-order valence-corrected chi connectivity index (χ4v) is 12.6. The quantitative estimate of drug-likeness (QED) is 0.0541. The molecule has 0 saturated carbocycles. The normalized spacial score (nSPS) is 39.9. The molecule has 4 fully saturated rings. The lowest BCUT2D eigenvalue weighted by Gasteiger charge is -2.55. The first-order valence-corrected chi connectivity index (χ1v) is 26.8. The molecule has 18 atom stereocenters. The van der Waals surface area contributed by atoms with Gasteiger partial charge in [0.15, 0.2) is 11.6 Å². The number of aliphatic hydroxyl groups is 2. The van der Waals surface area contributed by atoms with Gasteiger partial charge in [-0.2, -0.15) is 0 Å². The predicted octanol–water partition coefficient (Wildman–Crippen LogP) is 10.7. The van der Waals surface area contributed by atoms with Crippen molar-refractivity contribution in [3.63, 3.8) is 0 Å². The number of carbonyl (C=O) groups excluding carboxylic acids is 1. The van der Waals surface area contributed by atoms with E-state index in [-0.39, 0.29) is 53.8 Å². The number of aliphatic hydroxyl groups excluding tert-OH is 1. The monoisotopic (exact) mass is 918 g/mol. The Kier molecular flexibility index (Phi) is 20.1. The molecule has 5 heterocycles. The Morgan fingerprint density at radius 2 is 1.43 bits per heavy atom. The van der Waals surface area contributed by atoms with Gasteiger partial charge in [-0.15, -0.1) is 0 Å². The zero-order valence-corrected chi connectivity index (χ0v) is 42.8. The molecule has 0 radical (unpaired) electrons. The molecule has 5 aliphatic heterocycles. The molecule has 1 unspecified atom stereocenters. The third-order valence-electron chi connectivity index (χ3n) is 17.4. The van der Waals surface area contributed by atoms with Crippen molar-refractivity contribution in [3.05, 3.63) is 12.2 Å². The van der Waals surface area contributed by atoms with Crippen molar-refractivity contribution in [1.29, 1.82) is 0 Å². The van der Waals surface area contributed by atoms with Gasteiger partial charge in [0.1, 0.15) is 5.78 Å². The number of unbranched alkanes of at least 4 members (excludes halogenated alkanes) is 9. The van der Waals surface area contributed by atoms with E-state index in [2.05, 4.69) is 52.1 Å². The van der Waals surface area contributed by atoms with E-state index in [9.17, 15) is 24.9 Å². The molecule has 0 amide bonds. The van der Waals surface area contributed by atoms with E-state index in [0.29, 0.717) is 44.9 Å². The highest BCUT2D eigenvalue weighted by atomic mass is 16.8. The van der Waals surface area contributed by atoms with Crippen LogP contribution in [0.3, 0.4) is 0 Å². The summed E-state index contributed by atoms with van der Waals surface area (Å²) in [7, 11) is 0. The summed E-state index contributed by atoms with van der Waals surface area (Å²) >= 11 is 0. The molecule has 376 valence electrons. The summed E-state index contributed by atoms with van der Waals surface area (Å²) in [5, 5.41) is 37.0. The number of ether oxygens (including phenoxy) is 5. The van der Waals surface area contributed by atoms with Gasteiger partial charge < -0.3 is 44.3 Å². The van der Waals surface area contributed by atoms with E-state index >= 15 is 0 Å². The number of aliphatic carboxylic acids is 1. The maximum Gasteiger partial charge on any atom is 0.309 e. The lowest BCUT2D eigenvalue weighted by molar-refractivity contribution is -0.398. The number of hydrogen-bond donors (Lipinski definition) is 4. The summed E-state index contributed by atoms with van der Waals surface area (Å²) < 4.78 is 35.2. The topological polar surface area (TPSA) is 153 Å². The molecule has 0 aliphatic carbocycles. The summed E-state index contributed by atoms with van der Waals surface area (Å²) in [6.45, 7) is 23.4. The van der Waals surface area contributed by atoms with Crippen LogP contribution in [0.1, 0.15) is 205 Å². The van der Waals surface area contributed by atoms with E-state index in [1.54, 1.807) is 0 Å². The molecule has 65 heavy (non-hydrogen) atoms. The fraction of sp³-hybridized carbons (Fsp3) is 0.926. The third kappa shape index (κ3) is 12.5. The van der Waals surface area contributed by atoms with Crippen LogP contribution in [0.2, 0.25) is 0 Å². The highest BCUT2D eigenvalue weighted by molar-refractivity contribution is 5.84. The Morgan fingerprint density at radius 1 is 0.785 bits per heavy atom. The van der Waals surface area contributed by atoms with Crippen LogP contribution in [0, 0.1) is 41.4 Å². The summed E-state index contributed by atoms with van der Waals surface area (Å²) in [6.07, 6.45) is 21.0. The first-order valence-electron chi connectivity index (χ1n) is 26.8. The van der Waals surface area contributed by atoms with Crippen molar-refractivity contribution in [2.75, 3.05) is 6.54 Å². The summed E-state index contributed by atoms with van der Waals surface area (Å²) in [5.74, 6) is -5.05. The van der Waals surface area contributed by atoms with Gasteiger partial charge in [0.05, 0.1) is 59.8 Å². The van der Waals surface area contributed by atoms with Crippen LogP contribution in [-0.2, 0) is 33.3 Å². The SMILES string of the molecule is CCCCCCCCCCCCN[C@@H]1C=CC2(O[C@H]([C@@H](CC)C(=O)[C@@H](C)[C@@H](O)[C@H](C)[C@@H]3O[C@@H]([C@@H](CC)C(=O)O)CC[C@@H]3C)[C@@H](C)C[C@H]2C)O[C@@]12CC[C@@](C)([C@H]1CC[C@](O)(CC)[C@H](C)O1)O2. The molecule has 5 rings (SSSR count). The average molecular weight is 918 g/mol. The first-order chi connectivity index (χ1) is 30.8. The molecule has 11 nitrogen and oxygen atoms in total. The van der Waals surface area contributed by atoms with E-state index in [1.807, 2.05) is 41.5 Å². The molecule has 5 aliphatic rings. The van der Waals surface area contributed by atoms with Crippen molar-refractivity contribution in [2.24, 2.45) is 41.4 Å². The van der Waals surface area contributed by atoms with Gasteiger partial charge in [0, 0.05) is 30.1 Å². The second-order valence-corrected chi connectivity index (χ2v) is 22.1. The van der Waals surface area contributed by atoms with Gasteiger partial charge in [-0.25, -0.2) is 0 Å². The fourth-order valence-electron chi connectivity index (χ4n) is 12.6. The van der Waals surface area contributed by atoms with Crippen molar-refractivity contribution >= 4 is 11.8 Å². The van der Waals surface area contributed by atoms with Crippen LogP contribution in [-0.4, -0.2) is 99.1 Å². The highest BCUT2D eigenvalue weighted by Crippen LogP contribution is 2.54. The maximum absolute atomic E-state index is 14.7. The molecule has 0 aromatic heterocycles. The molecule has 4 N–H and O–H groups in total. The molecular weight excluding hydrogens is 823 g/mol. The maximum atomic E-state index is 14.7. The highest BCUT2D eigenvalue weighted by Gasteiger charge is 2.63. The van der Waals surface area contributed by atoms with Crippen LogP contribution >= 0.6 is 0 Å². The Balaban J connectivity index is 1.32. The van der Waals surface area contributed by atoms with E-state index in [1.165, 1.54) is 57.8 Å². The minimum absolute atomic E-state index is 0.0305. The van der Waals surface area contributed by atoms with E-state index < -0.39 is 64.8 Å². The first kappa shape index (κ1) is 54.5. The Morgan fingerprint density at radius 3 is 2.03 bits per heavy atom. The predicted molar refractivity (Wildman–Crippen MR) is 256 cm³/mol. The lowest BCUT2D eigenvalue weighted by atomic mass is 9.72. The number of rotatable bonds is 24. The molecule has 0 aromatic rings. The molecule has 0 aromatic carbocycles. The number of hydrogen-bond acceptors (Lipinski definition) is 10. The van der Waals surface area contributed by atoms with E-state index in [4.69, 9.17) is 23.7 Å². The third-order valence-corrected chi connectivity index (χ3v) is 17.4. The van der Waals surface area contributed by atoms with Gasteiger partial charge in [0.25, 0.3) is 0 Å². The van der Waals surface area contributed by atoms with E-state index in [0.717, 1.165) is 32.2 Å². The zero-order chi connectivity index (χ0) is 47.7. The van der Waals surface area contributed by atoms with Crippen LogP contribution in [0.4, 0.5) is 0 Å². The average Bonchev–Trinajstić information content (AvgIpc) is 3.62. The van der Waals surface area contributed by atoms with Crippen molar-refractivity contribution in [3.8, 4) is 0 Å². The molecular formula is C54H95NO10. The van der Waals surface area contributed by atoms with Crippen LogP contribution < -0.4 is 5.32 Å². The van der Waals surface area contributed by atoms with Gasteiger partial charge in [-0.05, 0) is 103 Å². The van der Waals surface area contributed by atoms with Crippen molar-refractivity contribution in [1.82, 2.24) is 5.32 Å². The molecule has 4 saturated heterocycles. The number of Topliss-reactive ketones (excluding diaryl/α,β-unsaturated/α-hetero) is 1. The van der Waals surface area contributed by atoms with Gasteiger partial charge in [-0.3, -0.25) is 9.59 Å². The second-order valence-electron chi connectivity index (χ2n) is 22.1. The minimum Gasteiger partial charge on any atom is -0.481 e. The van der Waals surface area contributed by atoms with Crippen molar-refractivity contribution in [2.45, 2.75) is 270 Å². The summed E-state index contributed by atoms with van der Waals surface area (Å²) in [5.41, 5.74) is -1.50. The standard InChI is InChI=1S/C54H95NO10/c1-12-16-17-18-19-20-21-22-23-24-33-55-44-27-30-53(65-54(44)32-31-51(11,64-54)45-28-29-52(60,15-4)40(10)61-45)37(7)34-36(6)49(63-53)42(14-3)47(57)38(8)46(56)39(9)48-35(5)25-26-43(62-48)41(13-2)50(58)59/h27,30,35-46,48-49,55-56,60H,12-26,28-29,31-34H2,1-11H3,(H,58,59)/t35-,36-,37+,38-,39-,40-,41+,42-,43+,44+,45+,46+,48+,49-,51-,52+,53?,54-/m0/s1. The molecule has 11 heteroatoms. The number of carbonyl (C=O) groups is 2. The van der Waals surface area contributed by atoms with Crippen LogP contribution in [0.15, 0.2) is 12.2 Å². The Labute approximate surface area is 394 Å². The number of carboxylic acids is 1. The molecule has 0 bridgehead atoms. The Hall–Kier alpha value is -1.44. The smallest absolute Gasteiger partial charge is 0.309 e. The second kappa shape index (κ2) is 23.9. The largest absolute Gasteiger partial charge is 0.481 e. The summed E-state index contributed by atoms with van der Waals surface area (Å²) in [6, 6.07) is -0.219. The minimum atomic E-state index is -1.13. The number of nitrogens with one attached hydrogen (secondary N) is 1. The number of ketones is 1. The van der Waals surface area contributed by atoms with Gasteiger partial charge in [0.2, 0.25) is 0 Å². The summed E-state index contributed by atoms with van der Waals surface area (Å²) in [4.78, 5) is 26.8.